The van der Waals surface area contributed by atoms with E-state index in [2.05, 4.69) is 26.0 Å². The van der Waals surface area contributed by atoms with E-state index in [1.807, 2.05) is 0 Å². The van der Waals surface area contributed by atoms with E-state index in [9.17, 15) is 4.79 Å². The summed E-state index contributed by atoms with van der Waals surface area (Å²) in [6, 6.07) is 0. The van der Waals surface area contributed by atoms with Gasteiger partial charge in [0.15, 0.2) is 0 Å². The van der Waals surface area contributed by atoms with Crippen molar-refractivity contribution in [2.24, 2.45) is 0 Å². The van der Waals surface area contributed by atoms with E-state index in [1.54, 1.807) is 0 Å². The number of hydrogen-bond donors (Lipinski definition) is 0. The lowest BCUT2D eigenvalue weighted by atomic mass is 10.0. The molecule has 0 fully saturated rings. The number of unbranched alkanes of at least 4 members (excludes halogenated alkanes) is 30. The van der Waals surface area contributed by atoms with Gasteiger partial charge in [-0.25, -0.2) is 0 Å². The summed E-state index contributed by atoms with van der Waals surface area (Å²) in [6.07, 6.45) is 50.0. The average Bonchev–Trinajstić information content (AvgIpc) is 3.00. The predicted molar refractivity (Wildman–Crippen MR) is 188 cm³/mol. The van der Waals surface area contributed by atoms with Gasteiger partial charge in [-0.3, -0.25) is 4.79 Å². The molecular formula is C40H78O2. The molecule has 0 rings (SSSR count). The summed E-state index contributed by atoms with van der Waals surface area (Å²) in [5, 5.41) is 0. The van der Waals surface area contributed by atoms with Crippen LogP contribution in [0.15, 0.2) is 12.2 Å². The van der Waals surface area contributed by atoms with Crippen LogP contribution in [-0.4, -0.2) is 12.6 Å². The van der Waals surface area contributed by atoms with Crippen molar-refractivity contribution in [3.05, 3.63) is 12.2 Å². The van der Waals surface area contributed by atoms with Gasteiger partial charge in [-0.15, -0.1) is 0 Å². The Morgan fingerprint density at radius 2 is 0.667 bits per heavy atom. The van der Waals surface area contributed by atoms with Crippen LogP contribution >= 0.6 is 0 Å². The fourth-order valence-electron chi connectivity index (χ4n) is 5.96. The summed E-state index contributed by atoms with van der Waals surface area (Å²) in [7, 11) is 0. The normalized spacial score (nSPS) is 11.6. The highest BCUT2D eigenvalue weighted by Crippen LogP contribution is 2.15. The molecule has 0 aromatic carbocycles. The maximum atomic E-state index is 12.0. The van der Waals surface area contributed by atoms with Crippen molar-refractivity contribution in [2.45, 2.75) is 232 Å². The summed E-state index contributed by atoms with van der Waals surface area (Å²) < 4.78 is 5.46. The third kappa shape index (κ3) is 37.2. The number of allylic oxidation sites excluding steroid dienone is 2. The van der Waals surface area contributed by atoms with Crippen LogP contribution in [0.2, 0.25) is 0 Å². The van der Waals surface area contributed by atoms with E-state index in [1.165, 1.54) is 199 Å². The lowest BCUT2D eigenvalue weighted by molar-refractivity contribution is -0.143. The summed E-state index contributed by atoms with van der Waals surface area (Å²) in [6.45, 7) is 5.20. The van der Waals surface area contributed by atoms with E-state index in [0.717, 1.165) is 12.8 Å². The lowest BCUT2D eigenvalue weighted by Crippen LogP contribution is -2.05. The standard InChI is InChI=1S/C40H78O2/c1-3-5-7-9-11-13-15-17-19-21-23-25-27-29-31-33-35-37-39-42-40(41)38-36-34-32-30-28-26-24-22-20-18-16-14-12-10-8-6-4-2/h13,15H,3-12,14,16-39H2,1-2H3/b15-13-. The zero-order valence-corrected chi connectivity index (χ0v) is 29.2. The summed E-state index contributed by atoms with van der Waals surface area (Å²) >= 11 is 0. The molecule has 0 N–H and O–H groups in total. The highest BCUT2D eigenvalue weighted by Gasteiger charge is 2.03. The zero-order chi connectivity index (χ0) is 30.4. The smallest absolute Gasteiger partial charge is 0.305 e. The molecule has 2 nitrogen and oxygen atoms in total. The molecule has 0 aliphatic carbocycles. The van der Waals surface area contributed by atoms with Crippen LogP contribution in [0.4, 0.5) is 0 Å². The molecule has 0 aliphatic rings. The molecule has 0 bridgehead atoms. The number of ether oxygens (including phenoxy) is 1. The van der Waals surface area contributed by atoms with Gasteiger partial charge in [0.05, 0.1) is 6.61 Å². The van der Waals surface area contributed by atoms with Gasteiger partial charge in [0.2, 0.25) is 0 Å². The maximum absolute atomic E-state index is 12.0. The second kappa shape index (κ2) is 38.2. The molecule has 250 valence electrons. The molecule has 0 saturated heterocycles. The highest BCUT2D eigenvalue weighted by molar-refractivity contribution is 5.69. The Morgan fingerprint density at radius 1 is 0.381 bits per heavy atom. The van der Waals surface area contributed by atoms with Gasteiger partial charge < -0.3 is 4.74 Å². The average molecular weight is 591 g/mol. The first-order valence-corrected chi connectivity index (χ1v) is 19.6. The molecule has 2 heteroatoms. The van der Waals surface area contributed by atoms with Crippen LogP contribution in [-0.2, 0) is 9.53 Å². The first kappa shape index (κ1) is 41.2. The van der Waals surface area contributed by atoms with Crippen LogP contribution < -0.4 is 0 Å². The number of hydrogen-bond acceptors (Lipinski definition) is 2. The van der Waals surface area contributed by atoms with Crippen molar-refractivity contribution in [1.82, 2.24) is 0 Å². The van der Waals surface area contributed by atoms with Crippen LogP contribution in [0.5, 0.6) is 0 Å². The van der Waals surface area contributed by atoms with Crippen LogP contribution in [0.3, 0.4) is 0 Å². The fraction of sp³-hybridized carbons (Fsp3) is 0.925. The Kier molecular flexibility index (Phi) is 37.5. The minimum absolute atomic E-state index is 0.0263. The van der Waals surface area contributed by atoms with Gasteiger partial charge >= 0.3 is 5.97 Å². The largest absolute Gasteiger partial charge is 0.466 e. The molecule has 0 aromatic heterocycles. The maximum Gasteiger partial charge on any atom is 0.305 e. The van der Waals surface area contributed by atoms with Gasteiger partial charge in [-0.05, 0) is 38.5 Å². The van der Waals surface area contributed by atoms with Gasteiger partial charge in [-0.2, -0.15) is 0 Å². The molecule has 0 spiro atoms. The van der Waals surface area contributed by atoms with Crippen LogP contribution in [0.25, 0.3) is 0 Å². The van der Waals surface area contributed by atoms with Gasteiger partial charge in [0.25, 0.3) is 0 Å². The molecule has 0 saturated carbocycles. The van der Waals surface area contributed by atoms with E-state index >= 15 is 0 Å². The molecule has 0 amide bonds. The predicted octanol–water partition coefficient (Wildman–Crippen LogP) is 14.4. The van der Waals surface area contributed by atoms with Gasteiger partial charge in [0, 0.05) is 6.42 Å². The van der Waals surface area contributed by atoms with Crippen molar-refractivity contribution < 1.29 is 9.53 Å². The molecular weight excluding hydrogens is 512 g/mol. The van der Waals surface area contributed by atoms with Crippen molar-refractivity contribution in [2.75, 3.05) is 6.61 Å². The topological polar surface area (TPSA) is 26.3 Å². The molecule has 0 radical (unpaired) electrons. The number of carbonyl (C=O) groups is 1. The molecule has 42 heavy (non-hydrogen) atoms. The van der Waals surface area contributed by atoms with Crippen molar-refractivity contribution in [3.8, 4) is 0 Å². The number of carbonyl (C=O) groups excluding carboxylic acids is 1. The summed E-state index contributed by atoms with van der Waals surface area (Å²) in [4.78, 5) is 12.0. The minimum atomic E-state index is 0.0263. The van der Waals surface area contributed by atoms with Crippen molar-refractivity contribution >= 4 is 5.97 Å². The minimum Gasteiger partial charge on any atom is -0.466 e. The van der Waals surface area contributed by atoms with E-state index in [4.69, 9.17) is 4.74 Å². The Balaban J connectivity index is 3.17. The van der Waals surface area contributed by atoms with E-state index < -0.39 is 0 Å². The Morgan fingerprint density at radius 3 is 1.05 bits per heavy atom. The number of esters is 1. The summed E-state index contributed by atoms with van der Waals surface area (Å²) in [5.74, 6) is 0.0263. The third-order valence-electron chi connectivity index (χ3n) is 8.90. The Bertz CT molecular complexity index is 526. The first-order chi connectivity index (χ1) is 20.8. The van der Waals surface area contributed by atoms with E-state index in [0.29, 0.717) is 13.0 Å². The summed E-state index contributed by atoms with van der Waals surface area (Å²) in [5.41, 5.74) is 0. The molecule has 0 atom stereocenters. The van der Waals surface area contributed by atoms with Gasteiger partial charge in [-0.1, -0.05) is 199 Å². The molecule has 0 aliphatic heterocycles. The zero-order valence-electron chi connectivity index (χ0n) is 29.2. The molecule has 0 unspecified atom stereocenters. The van der Waals surface area contributed by atoms with Crippen molar-refractivity contribution in [1.29, 1.82) is 0 Å². The van der Waals surface area contributed by atoms with Crippen LogP contribution in [0.1, 0.15) is 232 Å². The van der Waals surface area contributed by atoms with Gasteiger partial charge in [0.1, 0.15) is 0 Å². The Labute approximate surface area is 266 Å². The van der Waals surface area contributed by atoms with E-state index in [-0.39, 0.29) is 5.97 Å². The van der Waals surface area contributed by atoms with Crippen LogP contribution in [0, 0.1) is 0 Å². The quantitative estimate of drug-likeness (QED) is 0.0412. The third-order valence-corrected chi connectivity index (χ3v) is 8.90. The fourth-order valence-corrected chi connectivity index (χ4v) is 5.96. The monoisotopic (exact) mass is 591 g/mol. The molecule has 0 aromatic rings. The first-order valence-electron chi connectivity index (χ1n) is 19.6. The highest BCUT2D eigenvalue weighted by atomic mass is 16.5. The van der Waals surface area contributed by atoms with Crippen molar-refractivity contribution in [3.63, 3.8) is 0 Å². The SMILES string of the molecule is CCCCCC/C=C\CCCCCCCCCCCCOC(=O)CCCCCCCCCCCCCCCCCCC. The second-order valence-corrected chi connectivity index (χ2v) is 13.3. The number of rotatable bonds is 36. The lowest BCUT2D eigenvalue weighted by Gasteiger charge is -2.06. The Hall–Kier alpha value is -0.790. The molecule has 0 heterocycles. The second-order valence-electron chi connectivity index (χ2n) is 13.3.